The van der Waals surface area contributed by atoms with Gasteiger partial charge in [-0.05, 0) is 55.5 Å². The monoisotopic (exact) mass is 356 g/mol. The molecule has 0 saturated carbocycles. The van der Waals surface area contributed by atoms with Crippen LogP contribution in [0, 0.1) is 6.92 Å². The van der Waals surface area contributed by atoms with Crippen LogP contribution in [0.1, 0.15) is 36.6 Å². The number of carbonyl (C=O) groups excluding carboxylic acids is 3. The Balaban J connectivity index is 1.54. The summed E-state index contributed by atoms with van der Waals surface area (Å²) in [5, 5.41) is 2.82. The zero-order chi connectivity index (χ0) is 19.0. The molecule has 5 heteroatoms. The van der Waals surface area contributed by atoms with Gasteiger partial charge < -0.3 is 5.32 Å². The van der Waals surface area contributed by atoms with Crippen molar-refractivity contribution in [3.8, 4) is 0 Å². The van der Waals surface area contributed by atoms with Crippen LogP contribution < -0.4 is 10.2 Å². The van der Waals surface area contributed by atoms with Crippen molar-refractivity contribution in [2.75, 3.05) is 10.2 Å². The van der Waals surface area contributed by atoms with E-state index in [4.69, 9.17) is 0 Å². The van der Waals surface area contributed by atoms with Gasteiger partial charge in [0.25, 0.3) is 17.7 Å². The van der Waals surface area contributed by atoms with Crippen LogP contribution in [0.15, 0.2) is 72.8 Å². The molecule has 0 aromatic heterocycles. The molecule has 0 saturated heterocycles. The van der Waals surface area contributed by atoms with Gasteiger partial charge in [0.05, 0.1) is 16.8 Å². The predicted molar refractivity (Wildman–Crippen MR) is 103 cm³/mol. The molecule has 132 valence electrons. The third-order valence-corrected chi connectivity index (χ3v) is 4.49. The molecule has 4 rings (SSSR count). The zero-order valence-corrected chi connectivity index (χ0v) is 14.6. The minimum absolute atomic E-state index is 0.257. The number of anilines is 2. The number of hydrogen-bond donors (Lipinski definition) is 1. The Morgan fingerprint density at radius 1 is 0.778 bits per heavy atom. The van der Waals surface area contributed by atoms with Crippen molar-refractivity contribution in [2.24, 2.45) is 0 Å². The molecule has 1 aliphatic rings. The lowest BCUT2D eigenvalue weighted by molar-refractivity contribution is 0.0925. The lowest BCUT2D eigenvalue weighted by Gasteiger charge is -2.14. The Labute approximate surface area is 156 Å². The molecule has 0 atom stereocenters. The van der Waals surface area contributed by atoms with Gasteiger partial charge in [0.1, 0.15) is 0 Å². The normalized spacial score (nSPS) is 12.9. The first kappa shape index (κ1) is 16.7. The van der Waals surface area contributed by atoms with E-state index in [0.29, 0.717) is 28.1 Å². The third-order valence-electron chi connectivity index (χ3n) is 4.49. The summed E-state index contributed by atoms with van der Waals surface area (Å²) in [7, 11) is 0. The second kappa shape index (κ2) is 6.53. The molecular formula is C22H16N2O3. The summed E-state index contributed by atoms with van der Waals surface area (Å²) in [5.41, 5.74) is 3.48. The van der Waals surface area contributed by atoms with Gasteiger partial charge in [-0.15, -0.1) is 0 Å². The molecule has 27 heavy (non-hydrogen) atoms. The first-order valence-corrected chi connectivity index (χ1v) is 8.50. The van der Waals surface area contributed by atoms with Gasteiger partial charge in [0.2, 0.25) is 0 Å². The van der Waals surface area contributed by atoms with E-state index in [1.807, 2.05) is 31.2 Å². The minimum Gasteiger partial charge on any atom is -0.322 e. The van der Waals surface area contributed by atoms with Crippen LogP contribution in [-0.2, 0) is 0 Å². The highest BCUT2D eigenvalue weighted by atomic mass is 16.2. The average molecular weight is 356 g/mol. The first-order chi connectivity index (χ1) is 13.0. The molecule has 0 unspecified atom stereocenters. The molecule has 1 heterocycles. The number of aryl methyl sites for hydroxylation is 1. The van der Waals surface area contributed by atoms with E-state index in [1.165, 1.54) is 0 Å². The Morgan fingerprint density at radius 2 is 1.33 bits per heavy atom. The molecule has 0 aliphatic carbocycles. The molecule has 3 aromatic carbocycles. The number of nitrogens with one attached hydrogen (secondary N) is 1. The maximum absolute atomic E-state index is 12.5. The van der Waals surface area contributed by atoms with Crippen molar-refractivity contribution in [1.82, 2.24) is 0 Å². The Hall–Kier alpha value is -3.73. The second-order valence-corrected chi connectivity index (χ2v) is 6.36. The predicted octanol–water partition coefficient (Wildman–Crippen LogP) is 4.05. The van der Waals surface area contributed by atoms with Gasteiger partial charge in [-0.3, -0.25) is 14.4 Å². The van der Waals surface area contributed by atoms with E-state index >= 15 is 0 Å². The molecule has 5 nitrogen and oxygen atoms in total. The van der Waals surface area contributed by atoms with Gasteiger partial charge >= 0.3 is 0 Å². The van der Waals surface area contributed by atoms with E-state index in [-0.39, 0.29) is 17.7 Å². The molecule has 1 aliphatic heterocycles. The van der Waals surface area contributed by atoms with E-state index < -0.39 is 0 Å². The molecular weight excluding hydrogens is 340 g/mol. The second-order valence-electron chi connectivity index (χ2n) is 6.36. The lowest BCUT2D eigenvalue weighted by atomic mass is 10.1. The largest absolute Gasteiger partial charge is 0.322 e. The van der Waals surface area contributed by atoms with E-state index in [0.717, 1.165) is 10.5 Å². The number of hydrogen-bond acceptors (Lipinski definition) is 3. The van der Waals surface area contributed by atoms with Crippen molar-refractivity contribution in [3.63, 3.8) is 0 Å². The molecule has 0 bridgehead atoms. The first-order valence-electron chi connectivity index (χ1n) is 8.50. The fraction of sp³-hybridized carbons (Fsp3) is 0.0455. The molecule has 3 amide bonds. The fourth-order valence-electron chi connectivity index (χ4n) is 3.03. The van der Waals surface area contributed by atoms with E-state index in [1.54, 1.807) is 48.5 Å². The lowest BCUT2D eigenvalue weighted by Crippen LogP contribution is -2.29. The van der Waals surface area contributed by atoms with Gasteiger partial charge in [-0.2, -0.15) is 0 Å². The van der Waals surface area contributed by atoms with E-state index in [2.05, 4.69) is 5.32 Å². The SMILES string of the molecule is Cc1ccc(NC(=O)c2ccc(N3C(=O)c4ccccc4C3=O)cc2)cc1. The molecule has 0 fully saturated rings. The Kier molecular flexibility index (Phi) is 4.05. The Bertz CT molecular complexity index is 1020. The van der Waals surface area contributed by atoms with Gasteiger partial charge in [-0.25, -0.2) is 4.90 Å². The standard InChI is InChI=1S/C22H16N2O3/c1-14-6-10-16(11-7-14)23-20(25)15-8-12-17(13-9-15)24-21(26)18-4-2-3-5-19(18)22(24)27/h2-13H,1H3,(H,23,25). The third kappa shape index (κ3) is 3.00. The summed E-state index contributed by atoms with van der Waals surface area (Å²) in [6, 6.07) is 20.6. The summed E-state index contributed by atoms with van der Waals surface area (Å²) in [4.78, 5) is 38.6. The molecule has 0 radical (unpaired) electrons. The van der Waals surface area contributed by atoms with Crippen molar-refractivity contribution in [2.45, 2.75) is 6.92 Å². The van der Waals surface area contributed by atoms with Gasteiger partial charge in [-0.1, -0.05) is 29.8 Å². The number of rotatable bonds is 3. The number of fused-ring (bicyclic) bond motifs is 1. The van der Waals surface area contributed by atoms with Gasteiger partial charge in [0.15, 0.2) is 0 Å². The zero-order valence-electron chi connectivity index (χ0n) is 14.6. The topological polar surface area (TPSA) is 66.5 Å². The van der Waals surface area contributed by atoms with Crippen LogP contribution in [0.4, 0.5) is 11.4 Å². The molecule has 3 aromatic rings. The quantitative estimate of drug-likeness (QED) is 0.720. The van der Waals surface area contributed by atoms with Crippen molar-refractivity contribution in [3.05, 3.63) is 95.1 Å². The van der Waals surface area contributed by atoms with Crippen LogP contribution in [0.3, 0.4) is 0 Å². The summed E-state index contributed by atoms with van der Waals surface area (Å²) < 4.78 is 0. The Morgan fingerprint density at radius 3 is 1.89 bits per heavy atom. The summed E-state index contributed by atoms with van der Waals surface area (Å²) in [6.07, 6.45) is 0. The number of amides is 3. The van der Waals surface area contributed by atoms with Crippen LogP contribution in [-0.4, -0.2) is 17.7 Å². The summed E-state index contributed by atoms with van der Waals surface area (Å²) in [5.74, 6) is -0.965. The van der Waals surface area contributed by atoms with Crippen molar-refractivity contribution < 1.29 is 14.4 Å². The molecule has 0 spiro atoms. The van der Waals surface area contributed by atoms with Crippen LogP contribution in [0.25, 0.3) is 0 Å². The van der Waals surface area contributed by atoms with Crippen LogP contribution in [0.5, 0.6) is 0 Å². The van der Waals surface area contributed by atoms with Crippen molar-refractivity contribution in [1.29, 1.82) is 0 Å². The maximum Gasteiger partial charge on any atom is 0.266 e. The minimum atomic E-state index is -0.354. The maximum atomic E-state index is 12.5. The number of benzene rings is 3. The van der Waals surface area contributed by atoms with Crippen molar-refractivity contribution >= 4 is 29.1 Å². The number of nitrogens with zero attached hydrogens (tertiary/aromatic N) is 1. The smallest absolute Gasteiger partial charge is 0.266 e. The summed E-state index contributed by atoms with van der Waals surface area (Å²) >= 11 is 0. The van der Waals surface area contributed by atoms with Gasteiger partial charge in [0, 0.05) is 11.3 Å². The molecule has 1 N–H and O–H groups in total. The van der Waals surface area contributed by atoms with Crippen LogP contribution >= 0.6 is 0 Å². The highest BCUT2D eigenvalue weighted by Crippen LogP contribution is 2.28. The average Bonchev–Trinajstić information content (AvgIpc) is 2.95. The van der Waals surface area contributed by atoms with E-state index in [9.17, 15) is 14.4 Å². The van der Waals surface area contributed by atoms with Crippen LogP contribution in [0.2, 0.25) is 0 Å². The fourth-order valence-corrected chi connectivity index (χ4v) is 3.03. The highest BCUT2D eigenvalue weighted by molar-refractivity contribution is 6.34. The number of imide groups is 1. The number of carbonyl (C=O) groups is 3. The highest BCUT2D eigenvalue weighted by Gasteiger charge is 2.36. The summed E-state index contributed by atoms with van der Waals surface area (Å²) in [6.45, 7) is 1.98.